The predicted octanol–water partition coefficient (Wildman–Crippen LogP) is 11.8. The lowest BCUT2D eigenvalue weighted by atomic mass is 9.99. The van der Waals surface area contributed by atoms with Crippen LogP contribution < -0.4 is 5.32 Å². The minimum absolute atomic E-state index is 0.304. The van der Waals surface area contributed by atoms with E-state index in [2.05, 4.69) is 43.5 Å². The van der Waals surface area contributed by atoms with Gasteiger partial charge in [0.15, 0.2) is 6.29 Å². The quantitative estimate of drug-likeness (QED) is 0.0232. The fraction of sp³-hybridized carbons (Fsp3) is 0.873. The van der Waals surface area contributed by atoms with Gasteiger partial charge < -0.3 is 45.4 Å². The van der Waals surface area contributed by atoms with Gasteiger partial charge in [0.1, 0.15) is 30.5 Å². The Labute approximate surface area is 398 Å². The number of carbonyl (C=O) groups is 1. The van der Waals surface area contributed by atoms with Gasteiger partial charge in [0, 0.05) is 0 Å². The molecule has 0 bridgehead atoms. The van der Waals surface area contributed by atoms with Crippen LogP contribution in [0.5, 0.6) is 0 Å². The van der Waals surface area contributed by atoms with E-state index < -0.39 is 61.5 Å². The number of carbonyl (C=O) groups excluding carboxylic acids is 1. The van der Waals surface area contributed by atoms with Crippen LogP contribution in [0.4, 0.5) is 0 Å². The largest absolute Gasteiger partial charge is 0.394 e. The highest BCUT2D eigenvalue weighted by Gasteiger charge is 2.44. The topological polar surface area (TPSA) is 169 Å². The van der Waals surface area contributed by atoms with Crippen LogP contribution in [-0.2, 0) is 14.3 Å². The monoisotopic (exact) mass is 922 g/mol. The first kappa shape index (κ1) is 61.4. The molecule has 382 valence electrons. The predicted molar refractivity (Wildman–Crippen MR) is 269 cm³/mol. The molecule has 0 aromatic heterocycles. The van der Waals surface area contributed by atoms with E-state index in [0.29, 0.717) is 12.8 Å². The van der Waals surface area contributed by atoms with Crippen LogP contribution in [-0.4, -0.2) is 98.7 Å². The van der Waals surface area contributed by atoms with Gasteiger partial charge in [-0.05, 0) is 51.4 Å². The SMILES string of the molecule is CCCCCCCCCCC/C=C\C/C=C\CCCCCCCCCCC(O)C(=O)NC(COC1OC(CO)C(O)C(O)C1O)C(O)/C=C/CCCCCCCCCCCCCCCC. The van der Waals surface area contributed by atoms with Crippen LogP contribution in [0.3, 0.4) is 0 Å². The minimum atomic E-state index is -1.61. The van der Waals surface area contributed by atoms with Gasteiger partial charge in [-0.3, -0.25) is 4.79 Å². The van der Waals surface area contributed by atoms with E-state index in [9.17, 15) is 35.4 Å². The number of amides is 1. The fourth-order valence-corrected chi connectivity index (χ4v) is 8.61. The molecule has 65 heavy (non-hydrogen) atoms. The number of unbranched alkanes of at least 4 members (excludes halogenated alkanes) is 31. The highest BCUT2D eigenvalue weighted by molar-refractivity contribution is 5.80. The summed E-state index contributed by atoms with van der Waals surface area (Å²) in [4.78, 5) is 13.1. The second-order valence-corrected chi connectivity index (χ2v) is 19.2. The molecule has 0 spiro atoms. The zero-order chi connectivity index (χ0) is 47.4. The number of aliphatic hydroxyl groups excluding tert-OH is 6. The standard InChI is InChI=1S/C55H103NO9/c1-3-5-7-9-11-13-15-17-19-21-22-23-24-25-26-27-28-30-32-34-36-38-40-42-44-49(59)54(63)56-47(46-64-55-53(62)52(61)51(60)50(45-57)65-55)48(58)43-41-39-37-35-33-31-29-20-18-16-14-12-10-8-6-4-2/h22-23,25-26,41,43,47-53,55,57-62H,3-21,24,27-40,42,44-46H2,1-2H3,(H,56,63)/b23-22-,26-25-,43-41+. The van der Waals surface area contributed by atoms with Crippen molar-refractivity contribution in [1.29, 1.82) is 0 Å². The zero-order valence-electron chi connectivity index (χ0n) is 41.9. The fourth-order valence-electron chi connectivity index (χ4n) is 8.61. The van der Waals surface area contributed by atoms with Crippen molar-refractivity contribution in [2.45, 2.75) is 294 Å². The zero-order valence-corrected chi connectivity index (χ0v) is 41.9. The van der Waals surface area contributed by atoms with Gasteiger partial charge >= 0.3 is 0 Å². The van der Waals surface area contributed by atoms with Crippen LogP contribution in [0.2, 0.25) is 0 Å². The van der Waals surface area contributed by atoms with Crippen molar-refractivity contribution in [2.24, 2.45) is 0 Å². The van der Waals surface area contributed by atoms with Gasteiger partial charge in [0.05, 0.1) is 25.4 Å². The highest BCUT2D eigenvalue weighted by Crippen LogP contribution is 2.23. The molecule has 0 aromatic rings. The van der Waals surface area contributed by atoms with Gasteiger partial charge in [-0.25, -0.2) is 0 Å². The van der Waals surface area contributed by atoms with Crippen LogP contribution in [0.1, 0.15) is 245 Å². The second-order valence-electron chi connectivity index (χ2n) is 19.2. The number of hydrogen-bond donors (Lipinski definition) is 7. The Morgan fingerprint density at radius 3 is 1.37 bits per heavy atom. The molecule has 7 N–H and O–H groups in total. The first-order chi connectivity index (χ1) is 31.8. The maximum atomic E-state index is 13.1. The van der Waals surface area contributed by atoms with Crippen molar-refractivity contribution >= 4 is 5.91 Å². The Bertz CT molecular complexity index is 1130. The minimum Gasteiger partial charge on any atom is -0.394 e. The molecule has 1 fully saturated rings. The van der Waals surface area contributed by atoms with Crippen LogP contribution in [0, 0.1) is 0 Å². The van der Waals surface area contributed by atoms with Gasteiger partial charge in [0.25, 0.3) is 0 Å². The third-order valence-corrected chi connectivity index (χ3v) is 13.1. The summed E-state index contributed by atoms with van der Waals surface area (Å²) in [5, 5.41) is 64.9. The Morgan fingerprint density at radius 2 is 0.938 bits per heavy atom. The Hall–Kier alpha value is -1.63. The Balaban J connectivity index is 2.30. The lowest BCUT2D eigenvalue weighted by Crippen LogP contribution is -2.60. The number of rotatable bonds is 46. The normalized spacial score (nSPS) is 20.6. The molecule has 0 radical (unpaired) electrons. The third kappa shape index (κ3) is 34.3. The number of nitrogens with one attached hydrogen (secondary N) is 1. The van der Waals surface area contributed by atoms with Crippen LogP contribution >= 0.6 is 0 Å². The van der Waals surface area contributed by atoms with E-state index in [4.69, 9.17) is 9.47 Å². The second kappa shape index (κ2) is 44.9. The van der Waals surface area contributed by atoms with Gasteiger partial charge in [-0.15, -0.1) is 0 Å². The average molecular weight is 922 g/mol. The van der Waals surface area contributed by atoms with E-state index >= 15 is 0 Å². The third-order valence-electron chi connectivity index (χ3n) is 13.1. The van der Waals surface area contributed by atoms with Gasteiger partial charge in [-0.2, -0.15) is 0 Å². The van der Waals surface area contributed by atoms with Crippen LogP contribution in [0.15, 0.2) is 36.5 Å². The van der Waals surface area contributed by atoms with E-state index in [0.717, 1.165) is 51.4 Å². The smallest absolute Gasteiger partial charge is 0.249 e. The first-order valence-electron chi connectivity index (χ1n) is 27.3. The average Bonchev–Trinajstić information content (AvgIpc) is 3.31. The van der Waals surface area contributed by atoms with Crippen molar-refractivity contribution in [3.63, 3.8) is 0 Å². The lowest BCUT2D eigenvalue weighted by Gasteiger charge is -2.40. The maximum absolute atomic E-state index is 13.1. The van der Waals surface area contributed by atoms with Gasteiger partial charge in [0.2, 0.25) is 5.91 Å². The molecule has 8 unspecified atom stereocenters. The molecule has 1 heterocycles. The van der Waals surface area contributed by atoms with Crippen molar-refractivity contribution < 1.29 is 44.9 Å². The number of ether oxygens (including phenoxy) is 2. The molecule has 0 aromatic carbocycles. The summed E-state index contributed by atoms with van der Waals surface area (Å²) < 4.78 is 11.2. The van der Waals surface area contributed by atoms with Crippen molar-refractivity contribution in [1.82, 2.24) is 5.32 Å². The molecule has 1 amide bonds. The molecular formula is C55H103NO9. The molecule has 1 saturated heterocycles. The maximum Gasteiger partial charge on any atom is 0.249 e. The summed E-state index contributed by atoms with van der Waals surface area (Å²) in [6.07, 6.45) is 46.6. The molecule has 0 aliphatic carbocycles. The number of aliphatic hydroxyl groups is 6. The Kier molecular flexibility index (Phi) is 42.4. The summed E-state index contributed by atoms with van der Waals surface area (Å²) >= 11 is 0. The van der Waals surface area contributed by atoms with E-state index in [1.165, 1.54) is 167 Å². The van der Waals surface area contributed by atoms with Crippen molar-refractivity contribution in [2.75, 3.05) is 13.2 Å². The molecule has 1 aliphatic heterocycles. The molecule has 10 nitrogen and oxygen atoms in total. The van der Waals surface area contributed by atoms with E-state index in [1.807, 2.05) is 6.08 Å². The first-order valence-corrected chi connectivity index (χ1v) is 27.3. The summed E-state index contributed by atoms with van der Waals surface area (Å²) in [6, 6.07) is -0.983. The van der Waals surface area contributed by atoms with Crippen molar-refractivity contribution in [3.05, 3.63) is 36.5 Å². The van der Waals surface area contributed by atoms with Crippen LogP contribution in [0.25, 0.3) is 0 Å². The van der Waals surface area contributed by atoms with Crippen molar-refractivity contribution in [3.8, 4) is 0 Å². The van der Waals surface area contributed by atoms with E-state index in [-0.39, 0.29) is 6.61 Å². The lowest BCUT2D eigenvalue weighted by molar-refractivity contribution is -0.302. The molecule has 1 rings (SSSR count). The molecule has 8 atom stereocenters. The summed E-state index contributed by atoms with van der Waals surface area (Å²) in [6.45, 7) is 3.62. The molecule has 10 heteroatoms. The molecule has 1 aliphatic rings. The van der Waals surface area contributed by atoms with E-state index in [1.54, 1.807) is 6.08 Å². The number of hydrogen-bond acceptors (Lipinski definition) is 9. The highest BCUT2D eigenvalue weighted by atomic mass is 16.7. The van der Waals surface area contributed by atoms with Gasteiger partial charge in [-0.1, -0.05) is 230 Å². The summed E-state index contributed by atoms with van der Waals surface area (Å²) in [5.41, 5.74) is 0. The Morgan fingerprint density at radius 1 is 0.538 bits per heavy atom. The molecule has 0 saturated carbocycles. The molecular weight excluding hydrogens is 819 g/mol. The summed E-state index contributed by atoms with van der Waals surface area (Å²) in [7, 11) is 0. The number of allylic oxidation sites excluding steroid dienone is 5. The summed E-state index contributed by atoms with van der Waals surface area (Å²) in [5.74, 6) is -0.619.